The monoisotopic (exact) mass is 551 g/mol. The maximum Gasteiger partial charge on any atom is 0.213 e. The molecule has 0 spiro atoms. The van der Waals surface area contributed by atoms with Crippen molar-refractivity contribution in [1.29, 1.82) is 5.26 Å². The number of nitrogens with zero attached hydrogens (tertiary/aromatic N) is 3. The van der Waals surface area contributed by atoms with Crippen LogP contribution in [0, 0.1) is 11.3 Å². The number of piperazine rings is 1. The Morgan fingerprint density at radius 3 is 2.84 bits per heavy atom. The Balaban J connectivity index is 1.32. The molecule has 1 aliphatic carbocycles. The Morgan fingerprint density at radius 1 is 1.26 bits per heavy atom. The number of nitriles is 1. The minimum atomic E-state index is -3.39. The van der Waals surface area contributed by atoms with Crippen molar-refractivity contribution in [3.8, 4) is 32.8 Å². The maximum atomic E-state index is 12.9. The summed E-state index contributed by atoms with van der Waals surface area (Å²) in [6.07, 6.45) is 3.41. The first-order chi connectivity index (χ1) is 18.3. The molecule has 8 nitrogen and oxygen atoms in total. The summed E-state index contributed by atoms with van der Waals surface area (Å²) in [6.45, 7) is 8.00. The Morgan fingerprint density at radius 2 is 2.08 bits per heavy atom. The molecule has 1 aromatic heterocycles. The smallest absolute Gasteiger partial charge is 0.213 e. The molecule has 1 atom stereocenters. The number of hydrogen-bond donors (Lipinski definition) is 2. The van der Waals surface area contributed by atoms with Crippen LogP contribution in [0.15, 0.2) is 42.6 Å². The second-order valence-corrected chi connectivity index (χ2v) is 12.9. The molecule has 0 amide bonds. The first-order valence-electron chi connectivity index (χ1n) is 13.0. The third-order valence-electron chi connectivity index (χ3n) is 6.96. The van der Waals surface area contributed by atoms with E-state index >= 15 is 0 Å². The van der Waals surface area contributed by atoms with Crippen LogP contribution in [0.25, 0.3) is 21.0 Å². The Bertz CT molecular complexity index is 1440. The molecule has 0 bridgehead atoms. The van der Waals surface area contributed by atoms with Gasteiger partial charge in [-0.1, -0.05) is 18.2 Å². The van der Waals surface area contributed by atoms with Crippen molar-refractivity contribution in [2.75, 3.05) is 38.5 Å². The summed E-state index contributed by atoms with van der Waals surface area (Å²) >= 11 is 1.57. The van der Waals surface area contributed by atoms with Gasteiger partial charge in [-0.15, -0.1) is 11.3 Å². The summed E-state index contributed by atoms with van der Waals surface area (Å²) < 4.78 is 34.5. The van der Waals surface area contributed by atoms with Crippen LogP contribution >= 0.6 is 11.3 Å². The molecular weight excluding hydrogens is 518 g/mol. The van der Waals surface area contributed by atoms with E-state index in [1.807, 2.05) is 50.4 Å². The molecular formula is C28H33N5O3S2. The lowest BCUT2D eigenvalue weighted by Gasteiger charge is -2.27. The molecule has 2 aliphatic rings. The van der Waals surface area contributed by atoms with Gasteiger partial charge < -0.3 is 10.1 Å². The van der Waals surface area contributed by atoms with Crippen molar-refractivity contribution in [2.45, 2.75) is 38.8 Å². The van der Waals surface area contributed by atoms with Crippen molar-refractivity contribution in [3.63, 3.8) is 0 Å². The van der Waals surface area contributed by atoms with Crippen LogP contribution < -0.4 is 14.8 Å². The molecule has 2 N–H and O–H groups in total. The number of hydrogen-bond acceptors (Lipinski definition) is 8. The summed E-state index contributed by atoms with van der Waals surface area (Å²) in [6, 6.07) is 13.7. The highest BCUT2D eigenvalue weighted by molar-refractivity contribution is 7.89. The van der Waals surface area contributed by atoms with E-state index in [0.717, 1.165) is 65.6 Å². The van der Waals surface area contributed by atoms with Crippen LogP contribution in [-0.2, 0) is 16.4 Å². The van der Waals surface area contributed by atoms with Gasteiger partial charge in [0.1, 0.15) is 16.8 Å². The largest absolute Gasteiger partial charge is 0.490 e. The number of aromatic nitrogens is 1. The highest BCUT2D eigenvalue weighted by Gasteiger charge is 2.29. The minimum Gasteiger partial charge on any atom is -0.490 e. The maximum absolute atomic E-state index is 12.9. The van der Waals surface area contributed by atoms with Gasteiger partial charge in [0, 0.05) is 50.5 Å². The van der Waals surface area contributed by atoms with Crippen LogP contribution in [0.4, 0.5) is 0 Å². The first-order valence-corrected chi connectivity index (χ1v) is 15.5. The second-order valence-electron chi connectivity index (χ2n) is 10.0. The van der Waals surface area contributed by atoms with E-state index < -0.39 is 10.0 Å². The minimum absolute atomic E-state index is 0.0138. The van der Waals surface area contributed by atoms with Crippen molar-refractivity contribution in [2.24, 2.45) is 0 Å². The number of nitrogens with one attached hydrogen (secondary N) is 2. The van der Waals surface area contributed by atoms with Gasteiger partial charge in [-0.2, -0.15) is 5.26 Å². The fourth-order valence-electron chi connectivity index (χ4n) is 5.11. The van der Waals surface area contributed by atoms with Gasteiger partial charge in [0.25, 0.3) is 0 Å². The zero-order chi connectivity index (χ0) is 26.7. The Labute approximate surface area is 228 Å². The summed E-state index contributed by atoms with van der Waals surface area (Å²) in [7, 11) is -3.39. The quantitative estimate of drug-likeness (QED) is 0.415. The van der Waals surface area contributed by atoms with Gasteiger partial charge in [0.05, 0.1) is 22.3 Å². The predicted molar refractivity (Wildman–Crippen MR) is 151 cm³/mol. The third kappa shape index (κ3) is 6.08. The lowest BCUT2D eigenvalue weighted by Crippen LogP contribution is -2.46. The molecule has 10 heteroatoms. The van der Waals surface area contributed by atoms with Gasteiger partial charge in [-0.3, -0.25) is 4.90 Å². The zero-order valence-corrected chi connectivity index (χ0v) is 23.4. The molecule has 38 heavy (non-hydrogen) atoms. The SMILES string of the molecule is CC(C)Oc1ccc(-c2ncc(-c3cccc4c3CC[C@@H]4NS(=O)(=O)CCN3CCNCC3)s2)cc1C#N. The van der Waals surface area contributed by atoms with Crippen molar-refractivity contribution < 1.29 is 13.2 Å². The lowest BCUT2D eigenvalue weighted by atomic mass is 10.0. The van der Waals surface area contributed by atoms with Crippen LogP contribution in [0.5, 0.6) is 5.75 Å². The molecule has 3 aromatic rings. The second kappa shape index (κ2) is 11.5. The van der Waals surface area contributed by atoms with E-state index in [1.165, 1.54) is 5.56 Å². The van der Waals surface area contributed by atoms with Crippen molar-refractivity contribution in [3.05, 3.63) is 59.3 Å². The summed E-state index contributed by atoms with van der Waals surface area (Å²) in [4.78, 5) is 7.87. The van der Waals surface area contributed by atoms with Crippen LogP contribution in [0.1, 0.15) is 43.0 Å². The van der Waals surface area contributed by atoms with Gasteiger partial charge >= 0.3 is 0 Å². The van der Waals surface area contributed by atoms with Crippen LogP contribution in [0.3, 0.4) is 0 Å². The van der Waals surface area contributed by atoms with Crippen LogP contribution in [0.2, 0.25) is 0 Å². The number of ether oxygens (including phenoxy) is 1. The average Bonchev–Trinajstić information content (AvgIpc) is 3.56. The molecule has 2 aromatic carbocycles. The fraction of sp³-hybridized carbons (Fsp3) is 0.429. The molecule has 2 heterocycles. The normalized spacial score (nSPS) is 17.9. The zero-order valence-electron chi connectivity index (χ0n) is 21.7. The van der Waals surface area contributed by atoms with E-state index in [9.17, 15) is 13.7 Å². The number of fused-ring (bicyclic) bond motifs is 1. The highest BCUT2D eigenvalue weighted by Crippen LogP contribution is 2.41. The van der Waals surface area contributed by atoms with Gasteiger partial charge in [0.15, 0.2) is 0 Å². The van der Waals surface area contributed by atoms with E-state index in [1.54, 1.807) is 11.3 Å². The van der Waals surface area contributed by atoms with E-state index in [0.29, 0.717) is 17.9 Å². The summed E-state index contributed by atoms with van der Waals surface area (Å²) in [5.41, 5.74) is 4.67. The molecule has 1 aliphatic heterocycles. The van der Waals surface area contributed by atoms with Gasteiger partial charge in [-0.25, -0.2) is 18.1 Å². The Hall–Kier alpha value is -2.81. The molecule has 0 unspecified atom stereocenters. The topological polar surface area (TPSA) is 107 Å². The standard InChI is InChI=1S/C28H33N5O3S2/c1-19(2)36-26-9-6-20(16-21(26)17-29)28-31-18-27(37-28)24-5-3-4-23-22(24)7-8-25(23)32-38(34,35)15-14-33-12-10-30-11-13-33/h3-6,9,16,18-19,25,30,32H,7-8,10-15H2,1-2H3/t25-/m0/s1. The number of rotatable bonds is 9. The predicted octanol–water partition coefficient (Wildman–Crippen LogP) is 3.95. The molecule has 200 valence electrons. The van der Waals surface area contributed by atoms with Crippen molar-refractivity contribution >= 4 is 21.4 Å². The number of thiazole rings is 1. The van der Waals surface area contributed by atoms with Gasteiger partial charge in [-0.05, 0) is 61.6 Å². The van der Waals surface area contributed by atoms with E-state index in [2.05, 4.69) is 32.1 Å². The van der Waals surface area contributed by atoms with E-state index in [4.69, 9.17) is 4.74 Å². The molecule has 0 saturated carbocycles. The first kappa shape index (κ1) is 26.8. The fourth-order valence-corrected chi connectivity index (χ4v) is 7.37. The molecule has 0 radical (unpaired) electrons. The van der Waals surface area contributed by atoms with Gasteiger partial charge in [0.2, 0.25) is 10.0 Å². The summed E-state index contributed by atoms with van der Waals surface area (Å²) in [5, 5.41) is 13.7. The molecule has 1 saturated heterocycles. The van der Waals surface area contributed by atoms with Crippen LogP contribution in [-0.4, -0.2) is 62.9 Å². The summed E-state index contributed by atoms with van der Waals surface area (Å²) in [5.74, 6) is 0.688. The number of sulfonamides is 1. The van der Waals surface area contributed by atoms with E-state index in [-0.39, 0.29) is 17.9 Å². The molecule has 5 rings (SSSR count). The lowest BCUT2D eigenvalue weighted by molar-refractivity contribution is 0.242. The molecule has 1 fully saturated rings. The van der Waals surface area contributed by atoms with Crippen molar-refractivity contribution in [1.82, 2.24) is 19.9 Å². The highest BCUT2D eigenvalue weighted by atomic mass is 32.2. The Kier molecular flexibility index (Phi) is 8.12. The average molecular weight is 552 g/mol. The third-order valence-corrected chi connectivity index (χ3v) is 9.40. The number of benzene rings is 2.